The van der Waals surface area contributed by atoms with Gasteiger partial charge in [0.1, 0.15) is 5.82 Å². The molecule has 3 aromatic rings. The van der Waals surface area contributed by atoms with Gasteiger partial charge in [0.05, 0.1) is 43.0 Å². The minimum Gasteiger partial charge on any atom is -0.393 e. The van der Waals surface area contributed by atoms with Crippen molar-refractivity contribution in [1.29, 1.82) is 0 Å². The fourth-order valence-electron chi connectivity index (χ4n) is 6.68. The van der Waals surface area contributed by atoms with Crippen molar-refractivity contribution in [3.8, 4) is 0 Å². The highest BCUT2D eigenvalue weighted by atomic mass is 16.5. The van der Waals surface area contributed by atoms with Gasteiger partial charge in [-0.3, -0.25) is 5.10 Å². The molecule has 3 aliphatic heterocycles. The number of aliphatic hydroxyl groups is 1. The number of ether oxygens (including phenoxy) is 1. The van der Waals surface area contributed by atoms with E-state index in [1.807, 2.05) is 24.4 Å². The molecule has 0 bridgehead atoms. The summed E-state index contributed by atoms with van der Waals surface area (Å²) < 4.78 is 5.87. The first-order valence-corrected chi connectivity index (χ1v) is 13.5. The molecule has 0 amide bonds. The van der Waals surface area contributed by atoms with Crippen LogP contribution in [0, 0.1) is 12.0 Å². The molecule has 11 nitrogen and oxygen atoms in total. The summed E-state index contributed by atoms with van der Waals surface area (Å²) in [6, 6.07) is 6.16. The molecule has 4 N–H and O–H groups in total. The normalized spacial score (nSPS) is 28.4. The number of piperidine rings is 1. The molecule has 0 radical (unpaired) electrons. The standard InChI is InChI=1S/C27H33N9O2/c1-16-24(28)27(15-38-16)5-7-34(8-6-27)22-14-30-23-25(31-22)32-33-26(23)36-10-9-35(18-12-19(37)13-18)21-11-17(29-2)3-4-20(21)36/h3-4,11,14,16,18-19,24,37H,5-10,12-13,15,28H2,1H3,(H,31,32,33)/t16-,18?,19?,24+/m0/s1. The molecule has 0 unspecified atom stereocenters. The molecule has 2 atom stereocenters. The minimum atomic E-state index is -0.234. The van der Waals surface area contributed by atoms with E-state index in [1.54, 1.807) is 0 Å². The Bertz CT molecular complexity index is 1400. The van der Waals surface area contributed by atoms with Gasteiger partial charge in [-0.2, -0.15) is 5.10 Å². The van der Waals surface area contributed by atoms with Crippen molar-refractivity contribution in [1.82, 2.24) is 20.2 Å². The maximum absolute atomic E-state index is 9.88. The predicted molar refractivity (Wildman–Crippen MR) is 145 cm³/mol. The lowest BCUT2D eigenvalue weighted by Crippen LogP contribution is -2.52. The zero-order chi connectivity index (χ0) is 26.0. The summed E-state index contributed by atoms with van der Waals surface area (Å²) >= 11 is 0. The molecule has 3 fully saturated rings. The van der Waals surface area contributed by atoms with Crippen molar-refractivity contribution >= 4 is 39.9 Å². The SMILES string of the molecule is [C-]#[N+]c1ccc2c(c1)N(C1CC(O)C1)CCN2c1n[nH]c2nc(N3CCC4(CC3)CO[C@@H](C)[C@H]4N)cnc12. The number of rotatable bonds is 3. The molecule has 2 saturated heterocycles. The maximum atomic E-state index is 9.88. The monoisotopic (exact) mass is 515 g/mol. The average Bonchev–Trinajstić information content (AvgIpc) is 3.47. The third-order valence-corrected chi connectivity index (χ3v) is 9.21. The molecule has 1 spiro atoms. The molecule has 4 aliphatic rings. The highest BCUT2D eigenvalue weighted by Gasteiger charge is 2.47. The maximum Gasteiger partial charge on any atom is 0.189 e. The number of anilines is 4. The van der Waals surface area contributed by atoms with E-state index in [0.29, 0.717) is 17.4 Å². The largest absolute Gasteiger partial charge is 0.393 e. The van der Waals surface area contributed by atoms with Gasteiger partial charge in [-0.1, -0.05) is 6.07 Å². The molecule has 5 heterocycles. The minimum absolute atomic E-state index is 0.0643. The Hall–Kier alpha value is -3.46. The summed E-state index contributed by atoms with van der Waals surface area (Å²) in [4.78, 5) is 20.1. The molecule has 198 valence electrons. The zero-order valence-electron chi connectivity index (χ0n) is 21.5. The van der Waals surface area contributed by atoms with Gasteiger partial charge in [0.2, 0.25) is 0 Å². The van der Waals surface area contributed by atoms with Gasteiger partial charge in [-0.25, -0.2) is 14.8 Å². The molecule has 11 heteroatoms. The van der Waals surface area contributed by atoms with Crippen molar-refractivity contribution in [3.05, 3.63) is 35.8 Å². The quantitative estimate of drug-likeness (QED) is 0.452. The number of benzene rings is 1. The van der Waals surface area contributed by atoms with Crippen LogP contribution in [0.5, 0.6) is 0 Å². The first kappa shape index (κ1) is 23.6. The average molecular weight is 516 g/mol. The van der Waals surface area contributed by atoms with Crippen LogP contribution in [0.1, 0.15) is 32.6 Å². The van der Waals surface area contributed by atoms with E-state index in [4.69, 9.17) is 27.0 Å². The molecule has 38 heavy (non-hydrogen) atoms. The molecule has 2 aromatic heterocycles. The number of aliphatic hydroxyl groups excluding tert-OH is 1. The van der Waals surface area contributed by atoms with Crippen LogP contribution < -0.4 is 20.4 Å². The lowest BCUT2D eigenvalue weighted by Gasteiger charge is -2.47. The Labute approximate surface area is 221 Å². The van der Waals surface area contributed by atoms with Crippen molar-refractivity contribution in [2.75, 3.05) is 47.5 Å². The van der Waals surface area contributed by atoms with E-state index in [9.17, 15) is 5.11 Å². The van der Waals surface area contributed by atoms with Crippen molar-refractivity contribution in [3.63, 3.8) is 0 Å². The number of fused-ring (bicyclic) bond motifs is 2. The zero-order valence-corrected chi connectivity index (χ0v) is 21.5. The first-order chi connectivity index (χ1) is 18.5. The number of nitrogens with two attached hydrogens (primary N) is 1. The van der Waals surface area contributed by atoms with Gasteiger partial charge in [0.25, 0.3) is 0 Å². The Morgan fingerprint density at radius 2 is 2.00 bits per heavy atom. The molecule has 7 rings (SSSR count). The Morgan fingerprint density at radius 3 is 2.71 bits per heavy atom. The molecule has 1 aromatic carbocycles. The number of H-pyrrole nitrogens is 1. The summed E-state index contributed by atoms with van der Waals surface area (Å²) in [7, 11) is 0. The van der Waals surface area contributed by atoms with Gasteiger partial charge in [0, 0.05) is 43.7 Å². The second-order valence-electron chi connectivity index (χ2n) is 11.3. The van der Waals surface area contributed by atoms with Crippen LogP contribution in [0.3, 0.4) is 0 Å². The molecule has 1 saturated carbocycles. The summed E-state index contributed by atoms with van der Waals surface area (Å²) in [5.41, 5.74) is 10.6. The second kappa shape index (κ2) is 8.80. The van der Waals surface area contributed by atoms with Crippen LogP contribution in [-0.2, 0) is 4.74 Å². The number of aromatic amines is 1. The lowest BCUT2D eigenvalue weighted by atomic mass is 9.73. The van der Waals surface area contributed by atoms with Crippen molar-refractivity contribution in [2.45, 2.75) is 56.9 Å². The molecular weight excluding hydrogens is 482 g/mol. The number of nitrogens with one attached hydrogen (secondary N) is 1. The fourth-order valence-corrected chi connectivity index (χ4v) is 6.68. The number of aromatic nitrogens is 4. The first-order valence-electron chi connectivity index (χ1n) is 13.5. The fraction of sp³-hybridized carbons (Fsp3) is 0.556. The highest BCUT2D eigenvalue weighted by Crippen LogP contribution is 2.45. The van der Waals surface area contributed by atoms with Crippen molar-refractivity contribution in [2.24, 2.45) is 11.1 Å². The van der Waals surface area contributed by atoms with E-state index in [-0.39, 0.29) is 23.7 Å². The third-order valence-electron chi connectivity index (χ3n) is 9.21. The van der Waals surface area contributed by atoms with Crippen LogP contribution >= 0.6 is 0 Å². The van der Waals surface area contributed by atoms with Crippen molar-refractivity contribution < 1.29 is 9.84 Å². The van der Waals surface area contributed by atoms with E-state index < -0.39 is 0 Å². The van der Waals surface area contributed by atoms with E-state index >= 15 is 0 Å². The van der Waals surface area contributed by atoms with E-state index in [0.717, 1.165) is 87.0 Å². The van der Waals surface area contributed by atoms with Crippen LogP contribution in [0.15, 0.2) is 24.4 Å². The van der Waals surface area contributed by atoms with Crippen LogP contribution in [0.25, 0.3) is 16.0 Å². The Morgan fingerprint density at radius 1 is 1.18 bits per heavy atom. The predicted octanol–water partition coefficient (Wildman–Crippen LogP) is 2.72. The Balaban J connectivity index is 1.15. The van der Waals surface area contributed by atoms with Crippen LogP contribution in [-0.4, -0.2) is 82.3 Å². The third kappa shape index (κ3) is 3.62. The number of hydrogen-bond acceptors (Lipinski definition) is 9. The van der Waals surface area contributed by atoms with Gasteiger partial charge in [-0.15, -0.1) is 0 Å². The van der Waals surface area contributed by atoms with Gasteiger partial charge >= 0.3 is 0 Å². The smallest absolute Gasteiger partial charge is 0.189 e. The summed E-state index contributed by atoms with van der Waals surface area (Å²) in [5.74, 6) is 1.59. The molecular formula is C27H33N9O2. The van der Waals surface area contributed by atoms with E-state index in [2.05, 4.69) is 36.7 Å². The second-order valence-corrected chi connectivity index (χ2v) is 11.3. The highest BCUT2D eigenvalue weighted by molar-refractivity contribution is 5.91. The van der Waals surface area contributed by atoms with Gasteiger partial charge in [-0.05, 0) is 44.7 Å². The lowest BCUT2D eigenvalue weighted by molar-refractivity contribution is 0.0732. The summed E-state index contributed by atoms with van der Waals surface area (Å²) in [5, 5.41) is 17.6. The van der Waals surface area contributed by atoms with E-state index in [1.165, 1.54) is 0 Å². The summed E-state index contributed by atoms with van der Waals surface area (Å²) in [6.07, 6.45) is 5.22. The summed E-state index contributed by atoms with van der Waals surface area (Å²) in [6.45, 7) is 13.6. The topological polar surface area (TPSA) is 124 Å². The number of nitrogens with zero attached hydrogens (tertiary/aromatic N) is 7. The van der Waals surface area contributed by atoms with Gasteiger partial charge in [0.15, 0.2) is 22.7 Å². The molecule has 1 aliphatic carbocycles. The number of hydrogen-bond donors (Lipinski definition) is 3. The van der Waals surface area contributed by atoms with Crippen LogP contribution in [0.2, 0.25) is 0 Å². The Kier molecular flexibility index (Phi) is 5.47. The van der Waals surface area contributed by atoms with Crippen LogP contribution in [0.4, 0.5) is 28.7 Å². The van der Waals surface area contributed by atoms with Gasteiger partial charge < -0.3 is 30.3 Å².